The normalized spacial score (nSPS) is 17.6. The zero-order valence-electron chi connectivity index (χ0n) is 15.7. The lowest BCUT2D eigenvalue weighted by molar-refractivity contribution is -0.923. The zero-order chi connectivity index (χ0) is 19.1. The van der Waals surface area contributed by atoms with E-state index in [9.17, 15) is 14.0 Å². The molecule has 1 saturated carbocycles. The van der Waals surface area contributed by atoms with Crippen molar-refractivity contribution < 1.29 is 18.9 Å². The summed E-state index contributed by atoms with van der Waals surface area (Å²) in [4.78, 5) is 28.0. The first kappa shape index (κ1) is 17.9. The first-order chi connectivity index (χ1) is 12.9. The molecule has 4 nitrogen and oxygen atoms in total. The molecular weight excluding hydrogens is 343 g/mol. The van der Waals surface area contributed by atoms with Crippen LogP contribution < -0.4 is 9.80 Å². The molecule has 4 rings (SSSR count). The highest BCUT2D eigenvalue weighted by molar-refractivity contribution is 6.52. The maximum Gasteiger partial charge on any atom is 0.303 e. The highest BCUT2D eigenvalue weighted by atomic mass is 19.1. The number of nitrogens with zero attached hydrogens (tertiary/aromatic N) is 1. The molecule has 27 heavy (non-hydrogen) atoms. The summed E-state index contributed by atoms with van der Waals surface area (Å²) in [5.41, 5.74) is 3.33. The summed E-state index contributed by atoms with van der Waals surface area (Å²) in [5.74, 6) is -0.797. The van der Waals surface area contributed by atoms with Gasteiger partial charge in [0.25, 0.3) is 5.78 Å². The molecule has 0 aromatic heterocycles. The molecule has 1 heterocycles. The van der Waals surface area contributed by atoms with E-state index >= 15 is 0 Å². The van der Waals surface area contributed by atoms with Gasteiger partial charge in [-0.05, 0) is 35.7 Å². The van der Waals surface area contributed by atoms with E-state index in [2.05, 4.69) is 13.8 Å². The SMILES string of the molecule is CC(C)c1ccc2c(c1)C(=O)C(=O)N2C[NH+](Cc1ccc(F)cc1)C1CC1. The topological polar surface area (TPSA) is 41.8 Å². The molecule has 2 aromatic carbocycles. The molecule has 1 amide bonds. The minimum absolute atomic E-state index is 0.248. The molecule has 5 heteroatoms. The Morgan fingerprint density at radius 3 is 2.44 bits per heavy atom. The second kappa shape index (κ2) is 6.89. The molecule has 1 aliphatic carbocycles. The average molecular weight is 367 g/mol. The summed E-state index contributed by atoms with van der Waals surface area (Å²) in [6.45, 7) is 5.31. The molecule has 1 atom stereocenters. The number of benzene rings is 2. The van der Waals surface area contributed by atoms with Crippen LogP contribution in [0.2, 0.25) is 0 Å². The molecule has 1 unspecified atom stereocenters. The Morgan fingerprint density at radius 2 is 1.81 bits per heavy atom. The van der Waals surface area contributed by atoms with Gasteiger partial charge in [-0.15, -0.1) is 0 Å². The fourth-order valence-corrected chi connectivity index (χ4v) is 3.72. The summed E-state index contributed by atoms with van der Waals surface area (Å²) in [5, 5.41) is 0. The fourth-order valence-electron chi connectivity index (χ4n) is 3.72. The van der Waals surface area contributed by atoms with E-state index in [0.717, 1.165) is 24.0 Å². The maximum absolute atomic E-state index is 13.2. The van der Waals surface area contributed by atoms with Crippen LogP contribution >= 0.6 is 0 Å². The van der Waals surface area contributed by atoms with Crippen LogP contribution in [0.4, 0.5) is 10.1 Å². The summed E-state index contributed by atoms with van der Waals surface area (Å²) < 4.78 is 13.2. The largest absolute Gasteiger partial charge is 0.311 e. The first-order valence-corrected chi connectivity index (χ1v) is 9.53. The van der Waals surface area contributed by atoms with Crippen molar-refractivity contribution in [1.82, 2.24) is 0 Å². The van der Waals surface area contributed by atoms with Crippen LogP contribution in [0, 0.1) is 5.82 Å². The molecule has 1 fully saturated rings. The smallest absolute Gasteiger partial charge is 0.303 e. The third-order valence-electron chi connectivity index (χ3n) is 5.52. The lowest BCUT2D eigenvalue weighted by Gasteiger charge is -2.25. The van der Waals surface area contributed by atoms with Gasteiger partial charge in [0, 0.05) is 18.4 Å². The Hall–Kier alpha value is -2.53. The summed E-state index contributed by atoms with van der Waals surface area (Å²) in [6.07, 6.45) is 2.23. The number of hydrogen-bond donors (Lipinski definition) is 1. The van der Waals surface area contributed by atoms with E-state index < -0.39 is 11.7 Å². The number of Topliss-reactive ketones (excluding diaryl/α,β-unsaturated/α-hetero) is 1. The van der Waals surface area contributed by atoms with Crippen molar-refractivity contribution in [3.05, 3.63) is 65.0 Å². The van der Waals surface area contributed by atoms with Gasteiger partial charge in [0.15, 0.2) is 6.67 Å². The summed E-state index contributed by atoms with van der Waals surface area (Å²) >= 11 is 0. The quantitative estimate of drug-likeness (QED) is 0.798. The molecule has 1 aliphatic heterocycles. The van der Waals surface area contributed by atoms with Gasteiger partial charge in [0.2, 0.25) is 0 Å². The molecule has 2 aliphatic rings. The van der Waals surface area contributed by atoms with Gasteiger partial charge >= 0.3 is 5.91 Å². The second-order valence-corrected chi connectivity index (χ2v) is 7.89. The number of carbonyl (C=O) groups is 2. The molecule has 0 spiro atoms. The number of rotatable bonds is 6. The Labute approximate surface area is 158 Å². The van der Waals surface area contributed by atoms with Crippen molar-refractivity contribution in [1.29, 1.82) is 0 Å². The second-order valence-electron chi connectivity index (χ2n) is 7.89. The lowest BCUT2D eigenvalue weighted by atomic mass is 9.99. The van der Waals surface area contributed by atoms with Crippen LogP contribution in [-0.4, -0.2) is 24.4 Å². The number of amides is 1. The Balaban J connectivity index is 1.58. The molecule has 0 radical (unpaired) electrons. The number of halogens is 1. The first-order valence-electron chi connectivity index (χ1n) is 9.53. The fraction of sp³-hybridized carbons (Fsp3) is 0.364. The Bertz CT molecular complexity index is 888. The molecule has 2 aromatic rings. The van der Waals surface area contributed by atoms with Crippen LogP contribution in [0.15, 0.2) is 42.5 Å². The lowest BCUT2D eigenvalue weighted by Crippen LogP contribution is -3.13. The number of carbonyl (C=O) groups excluding carboxylic acids is 2. The van der Waals surface area contributed by atoms with Gasteiger partial charge in [-0.25, -0.2) is 4.39 Å². The third-order valence-corrected chi connectivity index (χ3v) is 5.52. The van der Waals surface area contributed by atoms with E-state index in [1.807, 2.05) is 18.2 Å². The molecule has 1 N–H and O–H groups in total. The highest BCUT2D eigenvalue weighted by Gasteiger charge is 2.41. The number of nitrogens with one attached hydrogen (secondary N) is 1. The molecule has 0 bridgehead atoms. The molecular formula is C22H24FN2O2+. The van der Waals surface area contributed by atoms with E-state index in [-0.39, 0.29) is 5.82 Å². The summed E-state index contributed by atoms with van der Waals surface area (Å²) in [6, 6.07) is 12.7. The average Bonchev–Trinajstić information content (AvgIpc) is 3.47. The number of quaternary nitrogens is 1. The number of anilines is 1. The number of ketones is 1. The minimum atomic E-state index is -0.442. The zero-order valence-corrected chi connectivity index (χ0v) is 15.7. The molecule has 0 saturated heterocycles. The van der Waals surface area contributed by atoms with Crippen LogP contribution in [0.1, 0.15) is 54.1 Å². The van der Waals surface area contributed by atoms with E-state index in [1.54, 1.807) is 17.0 Å². The van der Waals surface area contributed by atoms with Crippen molar-refractivity contribution in [2.24, 2.45) is 0 Å². The van der Waals surface area contributed by atoms with Crippen LogP contribution in [0.25, 0.3) is 0 Å². The molecule has 140 valence electrons. The monoisotopic (exact) mass is 367 g/mol. The highest BCUT2D eigenvalue weighted by Crippen LogP contribution is 2.31. The minimum Gasteiger partial charge on any atom is -0.311 e. The van der Waals surface area contributed by atoms with E-state index in [1.165, 1.54) is 17.0 Å². The van der Waals surface area contributed by atoms with E-state index in [0.29, 0.717) is 36.4 Å². The van der Waals surface area contributed by atoms with Crippen LogP contribution in [-0.2, 0) is 11.3 Å². The van der Waals surface area contributed by atoms with Gasteiger partial charge in [0.1, 0.15) is 12.4 Å². The van der Waals surface area contributed by atoms with Gasteiger partial charge in [-0.1, -0.05) is 32.0 Å². The van der Waals surface area contributed by atoms with E-state index in [4.69, 9.17) is 0 Å². The number of hydrogen-bond acceptors (Lipinski definition) is 2. The predicted molar refractivity (Wildman–Crippen MR) is 101 cm³/mol. The van der Waals surface area contributed by atoms with Crippen molar-refractivity contribution in [3.63, 3.8) is 0 Å². The van der Waals surface area contributed by atoms with Gasteiger partial charge in [0.05, 0.1) is 17.3 Å². The Kier molecular flexibility index (Phi) is 4.56. The Morgan fingerprint density at radius 1 is 1.11 bits per heavy atom. The van der Waals surface area contributed by atoms with Crippen molar-refractivity contribution in [2.75, 3.05) is 11.6 Å². The van der Waals surface area contributed by atoms with Gasteiger partial charge in [-0.3, -0.25) is 14.5 Å². The van der Waals surface area contributed by atoms with Crippen molar-refractivity contribution in [2.45, 2.75) is 45.2 Å². The third kappa shape index (κ3) is 3.52. The standard InChI is InChI=1S/C22H23FN2O2/c1-14(2)16-5-10-20-19(11-16)21(26)22(27)25(20)13-24(18-8-9-18)12-15-3-6-17(23)7-4-15/h3-7,10-11,14,18H,8-9,12-13H2,1-2H3/p+1. The summed E-state index contributed by atoms with van der Waals surface area (Å²) in [7, 11) is 0. The van der Waals surface area contributed by atoms with Crippen LogP contribution in [0.5, 0.6) is 0 Å². The van der Waals surface area contributed by atoms with Gasteiger partial charge < -0.3 is 4.90 Å². The predicted octanol–water partition coefficient (Wildman–Crippen LogP) is 2.68. The van der Waals surface area contributed by atoms with Crippen LogP contribution in [0.3, 0.4) is 0 Å². The van der Waals surface area contributed by atoms with Gasteiger partial charge in [-0.2, -0.15) is 0 Å². The maximum atomic E-state index is 13.2. The van der Waals surface area contributed by atoms with Crippen molar-refractivity contribution in [3.8, 4) is 0 Å². The van der Waals surface area contributed by atoms with Crippen molar-refractivity contribution >= 4 is 17.4 Å². The number of fused-ring (bicyclic) bond motifs is 1.